The van der Waals surface area contributed by atoms with Crippen molar-refractivity contribution in [1.82, 2.24) is 14.9 Å². The number of H-pyrrole nitrogens is 1. The van der Waals surface area contributed by atoms with Crippen LogP contribution in [-0.2, 0) is 14.3 Å². The number of pyridine rings is 1. The van der Waals surface area contributed by atoms with E-state index >= 15 is 0 Å². The number of nitrogens with one attached hydrogen (secondary N) is 2. The molecule has 2 aromatic heterocycles. The summed E-state index contributed by atoms with van der Waals surface area (Å²) in [6.07, 6.45) is 4.34. The average molecular weight is 532 g/mol. The number of aliphatic imine (C=N–C) groups is 1. The predicted octanol–water partition coefficient (Wildman–Crippen LogP) is 5.35. The van der Waals surface area contributed by atoms with Gasteiger partial charge in [-0.1, -0.05) is 41.9 Å². The highest BCUT2D eigenvalue weighted by Gasteiger charge is 2.39. The summed E-state index contributed by atoms with van der Waals surface area (Å²) in [5.41, 5.74) is 3.07. The second-order valence-electron chi connectivity index (χ2n) is 10.5. The van der Waals surface area contributed by atoms with Gasteiger partial charge in [0.2, 0.25) is 5.91 Å². The van der Waals surface area contributed by atoms with Crippen LogP contribution in [0.2, 0.25) is 5.02 Å². The van der Waals surface area contributed by atoms with E-state index in [1.54, 1.807) is 18.5 Å². The molecule has 6 rings (SSSR count). The monoisotopic (exact) mass is 531 g/mol. The number of fused-ring (bicyclic) bond motifs is 3. The maximum atomic E-state index is 13.7. The Morgan fingerprint density at radius 2 is 2.05 bits per heavy atom. The first kappa shape index (κ1) is 24.9. The number of halogens is 1. The van der Waals surface area contributed by atoms with Gasteiger partial charge < -0.3 is 19.8 Å². The number of rotatable bonds is 5. The zero-order valence-corrected chi connectivity index (χ0v) is 22.2. The highest BCUT2D eigenvalue weighted by atomic mass is 35.5. The summed E-state index contributed by atoms with van der Waals surface area (Å²) >= 11 is 6.46. The highest BCUT2D eigenvalue weighted by Crippen LogP contribution is 2.34. The van der Waals surface area contributed by atoms with Crippen LogP contribution in [0, 0.1) is 0 Å². The van der Waals surface area contributed by atoms with E-state index in [4.69, 9.17) is 26.1 Å². The molecule has 0 saturated carbocycles. The largest absolute Gasteiger partial charge is 0.480 e. The number of benzene rings is 2. The molecule has 38 heavy (non-hydrogen) atoms. The fourth-order valence-electron chi connectivity index (χ4n) is 5.34. The van der Waals surface area contributed by atoms with Gasteiger partial charge in [-0.3, -0.25) is 14.7 Å². The van der Waals surface area contributed by atoms with Crippen molar-refractivity contribution in [3.63, 3.8) is 0 Å². The maximum Gasteiger partial charge on any atom is 0.244 e. The molecule has 2 aromatic carbocycles. The molecule has 0 radical (unpaired) electrons. The zero-order chi connectivity index (χ0) is 26.3. The first-order chi connectivity index (χ1) is 18.4. The van der Waals surface area contributed by atoms with Crippen molar-refractivity contribution in [1.29, 1.82) is 0 Å². The number of amides is 1. The molecular weight excluding hydrogens is 502 g/mol. The number of hydrogen-bond acceptors (Lipinski definition) is 6. The Morgan fingerprint density at radius 1 is 1.21 bits per heavy atom. The van der Waals surface area contributed by atoms with Crippen molar-refractivity contribution in [2.45, 2.75) is 38.0 Å². The number of carbonyl (C=O) groups is 1. The van der Waals surface area contributed by atoms with Gasteiger partial charge in [0, 0.05) is 35.0 Å². The van der Waals surface area contributed by atoms with Crippen LogP contribution in [0.15, 0.2) is 65.9 Å². The fraction of sp³-hybridized carbons (Fsp3) is 0.345. The Kier molecular flexibility index (Phi) is 6.55. The summed E-state index contributed by atoms with van der Waals surface area (Å²) in [4.78, 5) is 28.3. The van der Waals surface area contributed by atoms with E-state index in [0.717, 1.165) is 28.2 Å². The number of ether oxygens (including phenoxy) is 2. The van der Waals surface area contributed by atoms with Gasteiger partial charge in [0.05, 0.1) is 54.3 Å². The normalized spacial score (nSPS) is 21.7. The fourth-order valence-corrected chi connectivity index (χ4v) is 5.55. The van der Waals surface area contributed by atoms with Crippen LogP contribution >= 0.6 is 11.6 Å². The summed E-state index contributed by atoms with van der Waals surface area (Å²) in [6, 6.07) is 15.4. The summed E-state index contributed by atoms with van der Waals surface area (Å²) in [5.74, 6) is 0.478. The number of aromatic amines is 1. The van der Waals surface area contributed by atoms with Crippen LogP contribution in [0.4, 0.5) is 5.69 Å². The summed E-state index contributed by atoms with van der Waals surface area (Å²) in [6.45, 7) is 5.91. The summed E-state index contributed by atoms with van der Waals surface area (Å²) in [7, 11) is 0. The molecule has 2 aliphatic heterocycles. The van der Waals surface area contributed by atoms with Gasteiger partial charge in [-0.2, -0.15) is 0 Å². The summed E-state index contributed by atoms with van der Waals surface area (Å²) in [5, 5.41) is 5.58. The predicted molar refractivity (Wildman–Crippen MR) is 150 cm³/mol. The van der Waals surface area contributed by atoms with Crippen molar-refractivity contribution >= 4 is 50.9 Å². The van der Waals surface area contributed by atoms with Crippen LogP contribution in [0.3, 0.4) is 0 Å². The molecular formula is C29H30ClN5O3. The SMILES string of the molecule is CC1(C)CN(CC2=N[C@@H](c3ccccc3)CCO2)[C@H](C(=O)Nc2cc(Cl)cc3c2[nH]c2cnccc23)CO1. The van der Waals surface area contributed by atoms with Crippen molar-refractivity contribution in [3.8, 4) is 0 Å². The third-order valence-electron chi connectivity index (χ3n) is 7.17. The van der Waals surface area contributed by atoms with Gasteiger partial charge in [-0.05, 0) is 37.6 Å². The molecule has 0 spiro atoms. The molecule has 4 aromatic rings. The lowest BCUT2D eigenvalue weighted by molar-refractivity contribution is -0.141. The molecule has 2 atom stereocenters. The minimum atomic E-state index is -0.522. The molecule has 8 nitrogen and oxygen atoms in total. The van der Waals surface area contributed by atoms with Gasteiger partial charge in [0.1, 0.15) is 6.04 Å². The Morgan fingerprint density at radius 3 is 2.89 bits per heavy atom. The summed E-state index contributed by atoms with van der Waals surface area (Å²) < 4.78 is 12.0. The van der Waals surface area contributed by atoms with Crippen molar-refractivity contribution in [2.24, 2.45) is 4.99 Å². The van der Waals surface area contributed by atoms with Crippen LogP contribution in [0.25, 0.3) is 21.8 Å². The van der Waals surface area contributed by atoms with Crippen LogP contribution in [0.1, 0.15) is 31.9 Å². The lowest BCUT2D eigenvalue weighted by atomic mass is 10.0. The van der Waals surface area contributed by atoms with E-state index in [1.807, 2.05) is 44.2 Å². The highest BCUT2D eigenvalue weighted by molar-refractivity contribution is 6.33. The van der Waals surface area contributed by atoms with Crippen molar-refractivity contribution < 1.29 is 14.3 Å². The minimum absolute atomic E-state index is 0.0533. The Balaban J connectivity index is 1.26. The van der Waals surface area contributed by atoms with E-state index < -0.39 is 11.6 Å². The molecule has 0 aliphatic carbocycles. The molecule has 0 bridgehead atoms. The number of morpholine rings is 1. The van der Waals surface area contributed by atoms with E-state index in [1.165, 1.54) is 5.56 Å². The van der Waals surface area contributed by atoms with Gasteiger partial charge in [0.15, 0.2) is 5.90 Å². The van der Waals surface area contributed by atoms with E-state index in [2.05, 4.69) is 32.3 Å². The van der Waals surface area contributed by atoms with Crippen molar-refractivity contribution in [2.75, 3.05) is 31.6 Å². The third-order valence-corrected chi connectivity index (χ3v) is 7.39. The molecule has 9 heteroatoms. The van der Waals surface area contributed by atoms with Crippen LogP contribution in [0.5, 0.6) is 0 Å². The lowest BCUT2D eigenvalue weighted by Gasteiger charge is -2.43. The number of nitrogens with zero attached hydrogens (tertiary/aromatic N) is 3. The van der Waals surface area contributed by atoms with Gasteiger partial charge in [-0.25, -0.2) is 4.99 Å². The molecule has 1 fully saturated rings. The van der Waals surface area contributed by atoms with Crippen LogP contribution < -0.4 is 5.32 Å². The van der Waals surface area contributed by atoms with E-state index in [0.29, 0.717) is 36.3 Å². The maximum absolute atomic E-state index is 13.7. The zero-order valence-electron chi connectivity index (χ0n) is 21.4. The molecule has 2 N–H and O–H groups in total. The Bertz CT molecular complexity index is 1520. The van der Waals surface area contributed by atoms with Crippen molar-refractivity contribution in [3.05, 3.63) is 71.5 Å². The standard InChI is InChI=1S/C29H30ClN5O3/c1-29(2)17-35(15-26-32-22(9-11-37-26)18-6-4-3-5-7-18)25(16-38-29)28(36)34-23-13-19(30)12-21-20-8-10-31-14-24(20)33-27(21)23/h3-8,10,12-14,22,25,33H,9,11,15-17H2,1-2H3,(H,34,36)/t22-,25+/m1/s1. The second-order valence-corrected chi connectivity index (χ2v) is 10.9. The van der Waals surface area contributed by atoms with Gasteiger partial charge in [0.25, 0.3) is 0 Å². The van der Waals surface area contributed by atoms with E-state index in [-0.39, 0.29) is 18.6 Å². The molecule has 4 heterocycles. The van der Waals surface area contributed by atoms with E-state index in [9.17, 15) is 4.79 Å². The molecule has 0 unspecified atom stereocenters. The van der Waals surface area contributed by atoms with Gasteiger partial charge in [-0.15, -0.1) is 0 Å². The molecule has 2 aliphatic rings. The van der Waals surface area contributed by atoms with Crippen LogP contribution in [-0.4, -0.2) is 64.6 Å². The smallest absolute Gasteiger partial charge is 0.244 e. The number of carbonyl (C=O) groups excluding carboxylic acids is 1. The Labute approximate surface area is 226 Å². The molecule has 196 valence electrons. The average Bonchev–Trinajstić information content (AvgIpc) is 3.28. The quantitative estimate of drug-likeness (QED) is 0.362. The first-order valence-corrected chi connectivity index (χ1v) is 13.2. The number of aromatic nitrogens is 2. The third kappa shape index (κ3) is 4.99. The number of hydrogen-bond donors (Lipinski definition) is 2. The number of anilines is 1. The van der Waals surface area contributed by atoms with Gasteiger partial charge >= 0.3 is 0 Å². The minimum Gasteiger partial charge on any atom is -0.480 e. The second kappa shape index (κ2) is 10.0. The topological polar surface area (TPSA) is 91.8 Å². The molecule has 1 amide bonds. The first-order valence-electron chi connectivity index (χ1n) is 12.8. The lowest BCUT2D eigenvalue weighted by Crippen LogP contribution is -2.59. The molecule has 1 saturated heterocycles. The Hall–Kier alpha value is -3.46.